The largest absolute Gasteiger partial charge is 0.481 e. The molecule has 0 unspecified atom stereocenters. The fraction of sp³-hybridized carbons (Fsp3) is 0.750. The molecule has 0 aromatic carbocycles. The Kier molecular flexibility index (Phi) is 4.88. The van der Waals surface area contributed by atoms with E-state index in [9.17, 15) is 18.0 Å². The third-order valence-corrected chi connectivity index (χ3v) is 2.82. The van der Waals surface area contributed by atoms with Crippen molar-refractivity contribution in [3.63, 3.8) is 0 Å². The molecule has 0 saturated heterocycles. The molecule has 7 nitrogen and oxygen atoms in total. The minimum absolute atomic E-state index is 0.101. The fourth-order valence-corrected chi connectivity index (χ4v) is 1.70. The van der Waals surface area contributed by atoms with Gasteiger partial charge in [-0.1, -0.05) is 13.8 Å². The molecule has 0 aromatic heterocycles. The van der Waals surface area contributed by atoms with Crippen molar-refractivity contribution in [3.8, 4) is 0 Å². The minimum atomic E-state index is -4.90. The van der Waals surface area contributed by atoms with Crippen LogP contribution in [-0.4, -0.2) is 30.0 Å². The van der Waals surface area contributed by atoms with E-state index < -0.39 is 34.2 Å². The normalized spacial score (nSPS) is 12.2. The highest BCUT2D eigenvalue weighted by Crippen LogP contribution is 2.32. The Morgan fingerprint density at radius 1 is 1.25 bits per heavy atom. The molecular weight excluding hydrogens is 240 g/mol. The number of carboxylic acids is 1. The fourth-order valence-electron chi connectivity index (χ4n) is 1.33. The van der Waals surface area contributed by atoms with Gasteiger partial charge in [0.15, 0.2) is 0 Å². The zero-order chi connectivity index (χ0) is 13.0. The van der Waals surface area contributed by atoms with Gasteiger partial charge >= 0.3 is 22.3 Å². The lowest BCUT2D eigenvalue weighted by atomic mass is 9.79. The lowest BCUT2D eigenvalue weighted by Crippen LogP contribution is -2.35. The summed E-state index contributed by atoms with van der Waals surface area (Å²) in [6.07, 6.45) is -0.345. The molecule has 0 heterocycles. The first kappa shape index (κ1) is 14.8. The zero-order valence-corrected chi connectivity index (χ0v) is 9.78. The van der Waals surface area contributed by atoms with Crippen molar-refractivity contribution in [2.75, 3.05) is 0 Å². The second-order valence-corrected chi connectivity index (χ2v) is 4.38. The molecule has 0 spiro atoms. The van der Waals surface area contributed by atoms with Gasteiger partial charge in [0.25, 0.3) is 0 Å². The van der Waals surface area contributed by atoms with Crippen LogP contribution < -0.4 is 0 Å². The van der Waals surface area contributed by atoms with Crippen molar-refractivity contribution in [3.05, 3.63) is 0 Å². The molecule has 8 heteroatoms. The summed E-state index contributed by atoms with van der Waals surface area (Å²) in [4.78, 5) is 22.0. The average Bonchev–Trinajstić information content (AvgIpc) is 2.11. The predicted molar refractivity (Wildman–Crippen MR) is 52.9 cm³/mol. The van der Waals surface area contributed by atoms with E-state index >= 15 is 0 Å². The molecular formula is C8H14O7S. The van der Waals surface area contributed by atoms with Gasteiger partial charge in [0.1, 0.15) is 0 Å². The van der Waals surface area contributed by atoms with Crippen LogP contribution in [0.1, 0.15) is 33.1 Å². The highest BCUT2D eigenvalue weighted by molar-refractivity contribution is 7.81. The summed E-state index contributed by atoms with van der Waals surface area (Å²) in [5.74, 6) is -2.49. The van der Waals surface area contributed by atoms with Crippen molar-refractivity contribution >= 4 is 22.3 Å². The van der Waals surface area contributed by atoms with E-state index in [1.807, 2.05) is 0 Å². The summed E-state index contributed by atoms with van der Waals surface area (Å²) in [5, 5.41) is 8.64. The van der Waals surface area contributed by atoms with Gasteiger partial charge in [0.05, 0.1) is 11.8 Å². The molecule has 0 bridgehead atoms. The monoisotopic (exact) mass is 254 g/mol. The SMILES string of the molecule is CCC(CC)(CC(=O)O)C(=O)OS(=O)(=O)O. The standard InChI is InChI=1S/C8H14O7S/c1-3-8(4-2,5-6(9)10)7(11)15-16(12,13)14/h3-5H2,1-2H3,(H,9,10)(H,12,13,14). The van der Waals surface area contributed by atoms with Gasteiger partial charge in [-0.2, -0.15) is 8.42 Å². The van der Waals surface area contributed by atoms with Gasteiger partial charge in [-0.3, -0.25) is 14.1 Å². The van der Waals surface area contributed by atoms with Crippen LogP contribution in [0, 0.1) is 5.41 Å². The Labute approximate surface area is 93.4 Å². The van der Waals surface area contributed by atoms with Crippen LogP contribution >= 0.6 is 0 Å². The first-order chi connectivity index (χ1) is 7.17. The maximum absolute atomic E-state index is 11.5. The third-order valence-electron chi connectivity index (χ3n) is 2.46. The van der Waals surface area contributed by atoms with Gasteiger partial charge in [-0.25, -0.2) is 0 Å². The number of rotatable bonds is 6. The van der Waals surface area contributed by atoms with Crippen molar-refractivity contribution in [1.29, 1.82) is 0 Å². The predicted octanol–water partition coefficient (Wildman–Crippen LogP) is 0.614. The quantitative estimate of drug-likeness (QED) is 0.666. The van der Waals surface area contributed by atoms with E-state index in [2.05, 4.69) is 4.18 Å². The van der Waals surface area contributed by atoms with Gasteiger partial charge in [-0.15, -0.1) is 0 Å². The number of hydrogen-bond donors (Lipinski definition) is 2. The van der Waals surface area contributed by atoms with E-state index in [0.29, 0.717) is 0 Å². The Morgan fingerprint density at radius 2 is 1.69 bits per heavy atom. The molecule has 0 rings (SSSR count). The number of carboxylic acid groups (broad SMARTS) is 1. The van der Waals surface area contributed by atoms with Crippen LogP contribution in [0.5, 0.6) is 0 Å². The highest BCUT2D eigenvalue weighted by atomic mass is 32.3. The van der Waals surface area contributed by atoms with Crippen molar-refractivity contribution < 1.29 is 31.8 Å². The number of carbonyl (C=O) groups is 2. The van der Waals surface area contributed by atoms with E-state index in [1.165, 1.54) is 13.8 Å². The molecule has 0 saturated carbocycles. The topological polar surface area (TPSA) is 118 Å². The van der Waals surface area contributed by atoms with Crippen LogP contribution in [0.4, 0.5) is 0 Å². The molecule has 0 radical (unpaired) electrons. The smallest absolute Gasteiger partial charge is 0.448 e. The molecule has 0 aliphatic heterocycles. The van der Waals surface area contributed by atoms with Crippen LogP contribution in [0.15, 0.2) is 0 Å². The van der Waals surface area contributed by atoms with E-state index in [1.54, 1.807) is 0 Å². The maximum atomic E-state index is 11.5. The molecule has 0 atom stereocenters. The summed E-state index contributed by atoms with van der Waals surface area (Å²) in [5.41, 5.74) is -1.43. The lowest BCUT2D eigenvalue weighted by molar-refractivity contribution is -0.154. The van der Waals surface area contributed by atoms with E-state index in [0.717, 1.165) is 0 Å². The third kappa shape index (κ3) is 4.15. The number of hydrogen-bond acceptors (Lipinski definition) is 5. The Balaban J connectivity index is 5.04. The summed E-state index contributed by atoms with van der Waals surface area (Å²) in [7, 11) is -4.90. The lowest BCUT2D eigenvalue weighted by Gasteiger charge is -2.25. The van der Waals surface area contributed by atoms with E-state index in [4.69, 9.17) is 9.66 Å². The number of carbonyl (C=O) groups excluding carboxylic acids is 1. The maximum Gasteiger partial charge on any atom is 0.448 e. The van der Waals surface area contributed by atoms with E-state index in [-0.39, 0.29) is 12.8 Å². The summed E-state index contributed by atoms with van der Waals surface area (Å²) in [6, 6.07) is 0. The van der Waals surface area contributed by atoms with Gasteiger partial charge in [0, 0.05) is 0 Å². The second kappa shape index (κ2) is 5.26. The number of aliphatic carboxylic acids is 1. The summed E-state index contributed by atoms with van der Waals surface area (Å²) in [6.45, 7) is 3.08. The molecule has 0 aliphatic carbocycles. The van der Waals surface area contributed by atoms with Crippen molar-refractivity contribution in [1.82, 2.24) is 0 Å². The minimum Gasteiger partial charge on any atom is -0.481 e. The Morgan fingerprint density at radius 3 is 1.94 bits per heavy atom. The van der Waals surface area contributed by atoms with Gasteiger partial charge in [0.2, 0.25) is 0 Å². The molecule has 0 aromatic rings. The van der Waals surface area contributed by atoms with Crippen molar-refractivity contribution in [2.45, 2.75) is 33.1 Å². The summed E-state index contributed by atoms with van der Waals surface area (Å²) < 4.78 is 32.9. The van der Waals surface area contributed by atoms with Crippen LogP contribution in [0.25, 0.3) is 0 Å². The van der Waals surface area contributed by atoms with Crippen molar-refractivity contribution in [2.24, 2.45) is 5.41 Å². The van der Waals surface area contributed by atoms with Gasteiger partial charge < -0.3 is 9.29 Å². The summed E-state index contributed by atoms with van der Waals surface area (Å²) >= 11 is 0. The van der Waals surface area contributed by atoms with Crippen LogP contribution in [0.3, 0.4) is 0 Å². The first-order valence-corrected chi connectivity index (χ1v) is 5.96. The van der Waals surface area contributed by atoms with Gasteiger partial charge in [-0.05, 0) is 12.8 Å². The zero-order valence-electron chi connectivity index (χ0n) is 8.97. The highest BCUT2D eigenvalue weighted by Gasteiger charge is 2.40. The first-order valence-electron chi connectivity index (χ1n) is 4.60. The molecule has 2 N–H and O–H groups in total. The molecule has 94 valence electrons. The van der Waals surface area contributed by atoms with Crippen LogP contribution in [0.2, 0.25) is 0 Å². The molecule has 16 heavy (non-hydrogen) atoms. The average molecular weight is 254 g/mol. The second-order valence-electron chi connectivity index (χ2n) is 3.36. The Hall–Kier alpha value is -1.15. The molecule has 0 fully saturated rings. The molecule has 0 aliphatic rings. The molecule has 0 amide bonds. The Bertz CT molecular complexity index is 366. The van der Waals surface area contributed by atoms with Crippen LogP contribution in [-0.2, 0) is 24.2 Å².